The molecule has 0 aliphatic carbocycles. The molecule has 0 unspecified atom stereocenters. The Labute approximate surface area is 126 Å². The number of benzene rings is 2. The quantitative estimate of drug-likeness (QED) is 0.776. The molecular formula is C19H22O2. The second-order valence-electron chi connectivity index (χ2n) is 5.76. The summed E-state index contributed by atoms with van der Waals surface area (Å²) in [5.41, 5.74) is 6.70. The number of ketones is 1. The van der Waals surface area contributed by atoms with Gasteiger partial charge in [-0.3, -0.25) is 4.79 Å². The fraction of sp³-hybridized carbons (Fsp3) is 0.316. The van der Waals surface area contributed by atoms with Crippen LogP contribution in [0.2, 0.25) is 0 Å². The van der Waals surface area contributed by atoms with Crippen LogP contribution in [0.3, 0.4) is 0 Å². The summed E-state index contributed by atoms with van der Waals surface area (Å²) in [6, 6.07) is 8.04. The topological polar surface area (TPSA) is 26.3 Å². The van der Waals surface area contributed by atoms with Gasteiger partial charge in [0.1, 0.15) is 5.75 Å². The molecule has 0 aromatic heterocycles. The van der Waals surface area contributed by atoms with Gasteiger partial charge in [-0.2, -0.15) is 0 Å². The normalized spacial score (nSPS) is 10.6. The average Bonchev–Trinajstić information content (AvgIpc) is 2.35. The maximum absolute atomic E-state index is 13.0. The first kappa shape index (κ1) is 15.3. The van der Waals surface area contributed by atoms with E-state index in [0.29, 0.717) is 11.3 Å². The summed E-state index contributed by atoms with van der Waals surface area (Å²) < 4.78 is 5.43. The molecule has 0 radical (unpaired) electrons. The standard InChI is InChI=1S/C19H22O2/c1-11-7-13(3)17(14(4)8-11)19(20)18-15(5)9-12(2)10-16(18)21-6/h7-10H,1-6H3. The third-order valence-corrected chi connectivity index (χ3v) is 3.79. The minimum Gasteiger partial charge on any atom is -0.496 e. The van der Waals surface area contributed by atoms with E-state index in [0.717, 1.165) is 27.8 Å². The Morgan fingerprint density at radius 3 is 1.67 bits per heavy atom. The third kappa shape index (κ3) is 2.85. The Balaban J connectivity index is 2.66. The number of aryl methyl sites for hydroxylation is 5. The molecule has 0 heterocycles. The lowest BCUT2D eigenvalue weighted by molar-refractivity contribution is 0.103. The van der Waals surface area contributed by atoms with E-state index in [1.54, 1.807) is 7.11 Å². The molecule has 0 aliphatic rings. The van der Waals surface area contributed by atoms with Crippen molar-refractivity contribution in [1.29, 1.82) is 0 Å². The van der Waals surface area contributed by atoms with E-state index in [9.17, 15) is 4.79 Å². The zero-order valence-corrected chi connectivity index (χ0v) is 13.6. The molecule has 0 aliphatic heterocycles. The minimum absolute atomic E-state index is 0.0411. The first-order valence-electron chi connectivity index (χ1n) is 7.13. The van der Waals surface area contributed by atoms with Crippen LogP contribution < -0.4 is 4.74 Å². The molecule has 0 N–H and O–H groups in total. The molecule has 2 aromatic rings. The number of carbonyl (C=O) groups excluding carboxylic acids is 1. The fourth-order valence-corrected chi connectivity index (χ4v) is 3.04. The van der Waals surface area contributed by atoms with Gasteiger partial charge in [-0.05, 0) is 62.9 Å². The Hall–Kier alpha value is -2.09. The average molecular weight is 282 g/mol. The van der Waals surface area contributed by atoms with Crippen molar-refractivity contribution in [3.05, 3.63) is 63.2 Å². The van der Waals surface area contributed by atoms with Crippen molar-refractivity contribution < 1.29 is 9.53 Å². The van der Waals surface area contributed by atoms with Crippen molar-refractivity contribution in [3.63, 3.8) is 0 Å². The lowest BCUT2D eigenvalue weighted by atomic mass is 9.90. The maximum Gasteiger partial charge on any atom is 0.197 e. The third-order valence-electron chi connectivity index (χ3n) is 3.79. The van der Waals surface area contributed by atoms with Crippen LogP contribution in [0.5, 0.6) is 5.75 Å². The molecular weight excluding hydrogens is 260 g/mol. The minimum atomic E-state index is 0.0411. The summed E-state index contributed by atoms with van der Waals surface area (Å²) in [5.74, 6) is 0.691. The first-order chi connectivity index (χ1) is 9.85. The Morgan fingerprint density at radius 1 is 0.762 bits per heavy atom. The van der Waals surface area contributed by atoms with E-state index in [1.165, 1.54) is 5.56 Å². The monoisotopic (exact) mass is 282 g/mol. The van der Waals surface area contributed by atoms with Crippen molar-refractivity contribution >= 4 is 5.78 Å². The van der Waals surface area contributed by atoms with Crippen molar-refractivity contribution in [3.8, 4) is 5.75 Å². The predicted octanol–water partition coefficient (Wildman–Crippen LogP) is 4.47. The Kier molecular flexibility index (Phi) is 4.17. The van der Waals surface area contributed by atoms with Gasteiger partial charge in [0.15, 0.2) is 5.78 Å². The summed E-state index contributed by atoms with van der Waals surface area (Å²) in [6.07, 6.45) is 0. The molecule has 0 spiro atoms. The van der Waals surface area contributed by atoms with E-state index in [1.807, 2.05) is 46.8 Å². The molecule has 0 saturated carbocycles. The van der Waals surface area contributed by atoms with E-state index < -0.39 is 0 Å². The number of rotatable bonds is 3. The van der Waals surface area contributed by atoms with E-state index in [2.05, 4.69) is 12.1 Å². The van der Waals surface area contributed by atoms with Gasteiger partial charge in [0.25, 0.3) is 0 Å². The van der Waals surface area contributed by atoms with Crippen LogP contribution in [0.4, 0.5) is 0 Å². The molecule has 2 heteroatoms. The lowest BCUT2D eigenvalue weighted by Gasteiger charge is -2.15. The Bertz CT molecular complexity index is 689. The van der Waals surface area contributed by atoms with Crippen LogP contribution in [0, 0.1) is 34.6 Å². The number of ether oxygens (including phenoxy) is 1. The highest BCUT2D eigenvalue weighted by Gasteiger charge is 2.21. The zero-order chi connectivity index (χ0) is 15.7. The van der Waals surface area contributed by atoms with E-state index in [4.69, 9.17) is 4.74 Å². The largest absolute Gasteiger partial charge is 0.496 e. The summed E-state index contributed by atoms with van der Waals surface area (Å²) >= 11 is 0. The number of hydrogen-bond acceptors (Lipinski definition) is 2. The highest BCUT2D eigenvalue weighted by Crippen LogP contribution is 2.29. The van der Waals surface area contributed by atoms with Gasteiger partial charge >= 0.3 is 0 Å². The molecule has 0 fully saturated rings. The Morgan fingerprint density at radius 2 is 1.19 bits per heavy atom. The van der Waals surface area contributed by atoms with Gasteiger partial charge < -0.3 is 4.74 Å². The van der Waals surface area contributed by atoms with Gasteiger partial charge in [-0.25, -0.2) is 0 Å². The van der Waals surface area contributed by atoms with Gasteiger partial charge in [0.05, 0.1) is 12.7 Å². The number of hydrogen-bond donors (Lipinski definition) is 0. The van der Waals surface area contributed by atoms with Crippen LogP contribution in [0.15, 0.2) is 24.3 Å². The van der Waals surface area contributed by atoms with Gasteiger partial charge in [-0.1, -0.05) is 23.8 Å². The number of methoxy groups -OCH3 is 1. The van der Waals surface area contributed by atoms with Crippen LogP contribution in [0.25, 0.3) is 0 Å². The summed E-state index contributed by atoms with van der Waals surface area (Å²) in [5, 5.41) is 0. The van der Waals surface area contributed by atoms with Crippen LogP contribution in [-0.2, 0) is 0 Å². The smallest absolute Gasteiger partial charge is 0.197 e. The highest BCUT2D eigenvalue weighted by molar-refractivity contribution is 6.13. The molecule has 110 valence electrons. The van der Waals surface area contributed by atoms with E-state index >= 15 is 0 Å². The van der Waals surface area contributed by atoms with Gasteiger partial charge in [0, 0.05) is 5.56 Å². The molecule has 2 nitrogen and oxygen atoms in total. The summed E-state index contributed by atoms with van der Waals surface area (Å²) in [7, 11) is 1.61. The predicted molar refractivity (Wildman–Crippen MR) is 86.6 cm³/mol. The van der Waals surface area contributed by atoms with Crippen molar-refractivity contribution in [2.24, 2.45) is 0 Å². The molecule has 2 rings (SSSR count). The summed E-state index contributed by atoms with van der Waals surface area (Å²) in [4.78, 5) is 13.0. The molecule has 21 heavy (non-hydrogen) atoms. The van der Waals surface area contributed by atoms with Gasteiger partial charge in [-0.15, -0.1) is 0 Å². The number of carbonyl (C=O) groups is 1. The second kappa shape index (κ2) is 5.72. The zero-order valence-electron chi connectivity index (χ0n) is 13.6. The van der Waals surface area contributed by atoms with Crippen molar-refractivity contribution in [1.82, 2.24) is 0 Å². The maximum atomic E-state index is 13.0. The molecule has 0 bridgehead atoms. The van der Waals surface area contributed by atoms with E-state index in [-0.39, 0.29) is 5.78 Å². The van der Waals surface area contributed by atoms with Crippen LogP contribution in [-0.4, -0.2) is 12.9 Å². The highest BCUT2D eigenvalue weighted by atomic mass is 16.5. The second-order valence-corrected chi connectivity index (χ2v) is 5.76. The molecule has 2 aromatic carbocycles. The summed E-state index contributed by atoms with van der Waals surface area (Å²) in [6.45, 7) is 9.99. The van der Waals surface area contributed by atoms with Crippen molar-refractivity contribution in [2.75, 3.05) is 7.11 Å². The lowest BCUT2D eigenvalue weighted by Crippen LogP contribution is -2.10. The van der Waals surface area contributed by atoms with Crippen LogP contribution in [0.1, 0.15) is 43.7 Å². The SMILES string of the molecule is COc1cc(C)cc(C)c1C(=O)c1c(C)cc(C)cc1C. The fourth-order valence-electron chi connectivity index (χ4n) is 3.04. The van der Waals surface area contributed by atoms with Gasteiger partial charge in [0.2, 0.25) is 0 Å². The van der Waals surface area contributed by atoms with Crippen LogP contribution >= 0.6 is 0 Å². The first-order valence-corrected chi connectivity index (χ1v) is 7.13. The molecule has 0 saturated heterocycles. The molecule has 0 atom stereocenters. The van der Waals surface area contributed by atoms with Crippen molar-refractivity contribution in [2.45, 2.75) is 34.6 Å². The molecule has 0 amide bonds.